The molecule has 0 saturated carbocycles. The van der Waals surface area contributed by atoms with Crippen molar-refractivity contribution in [2.24, 2.45) is 5.92 Å². The Morgan fingerprint density at radius 1 is 0.917 bits per heavy atom. The third-order valence-corrected chi connectivity index (χ3v) is 7.46. The van der Waals surface area contributed by atoms with Crippen LogP contribution in [0.3, 0.4) is 0 Å². The van der Waals surface area contributed by atoms with Gasteiger partial charge in [0.1, 0.15) is 11.5 Å². The number of Topliss-reactive ketones (excluding diaryl/α,β-unsaturated/α-hetero) is 1. The number of pyridine rings is 2. The van der Waals surface area contributed by atoms with Gasteiger partial charge in [0.25, 0.3) is 5.91 Å². The molecule has 5 rings (SSSR count). The standard InChI is InChI=1S/C28H35N5O3/c34-25(24-7-9-26-29-12-15-33(26)21-24)5-3-1-2-4-22-10-13-32(14-11-22)28(35)23-6-8-27(30-20-23)31-16-18-36-19-17-31/h6-9,12,15,20-22H,1-5,10-11,13-14,16-19H2. The van der Waals surface area contributed by atoms with E-state index in [1.807, 2.05) is 46.0 Å². The second-order valence-electron chi connectivity index (χ2n) is 9.87. The number of rotatable bonds is 9. The molecule has 0 atom stereocenters. The van der Waals surface area contributed by atoms with Crippen LogP contribution in [0.5, 0.6) is 0 Å². The molecule has 1 amide bonds. The molecule has 5 heterocycles. The fourth-order valence-electron chi connectivity index (χ4n) is 5.22. The highest BCUT2D eigenvalue weighted by atomic mass is 16.5. The van der Waals surface area contributed by atoms with Crippen molar-refractivity contribution in [1.29, 1.82) is 0 Å². The first-order chi connectivity index (χ1) is 17.7. The van der Waals surface area contributed by atoms with E-state index in [-0.39, 0.29) is 11.7 Å². The van der Waals surface area contributed by atoms with Crippen LogP contribution in [0.4, 0.5) is 5.82 Å². The van der Waals surface area contributed by atoms with Crippen molar-refractivity contribution in [1.82, 2.24) is 19.3 Å². The van der Waals surface area contributed by atoms with E-state index in [1.54, 1.807) is 12.4 Å². The van der Waals surface area contributed by atoms with Gasteiger partial charge >= 0.3 is 0 Å². The lowest BCUT2D eigenvalue weighted by molar-refractivity contribution is 0.0685. The summed E-state index contributed by atoms with van der Waals surface area (Å²) >= 11 is 0. The van der Waals surface area contributed by atoms with Crippen molar-refractivity contribution in [2.45, 2.75) is 44.9 Å². The van der Waals surface area contributed by atoms with Gasteiger partial charge in [-0.05, 0) is 49.4 Å². The van der Waals surface area contributed by atoms with Crippen LogP contribution < -0.4 is 4.90 Å². The topological polar surface area (TPSA) is 80.0 Å². The number of carbonyl (C=O) groups is 2. The smallest absolute Gasteiger partial charge is 0.255 e. The van der Waals surface area contributed by atoms with Gasteiger partial charge in [0.15, 0.2) is 5.78 Å². The fraction of sp³-hybridized carbons (Fsp3) is 0.500. The molecule has 8 nitrogen and oxygen atoms in total. The van der Waals surface area contributed by atoms with Gasteiger partial charge in [-0.15, -0.1) is 0 Å². The summed E-state index contributed by atoms with van der Waals surface area (Å²) in [6.07, 6.45) is 14.2. The number of morpholine rings is 1. The lowest BCUT2D eigenvalue weighted by Gasteiger charge is -2.32. The number of aromatic nitrogens is 3. The number of imidazole rings is 1. The normalized spacial score (nSPS) is 17.0. The van der Waals surface area contributed by atoms with Crippen LogP contribution in [-0.2, 0) is 4.74 Å². The van der Waals surface area contributed by atoms with Crippen LogP contribution in [0.15, 0.2) is 49.1 Å². The van der Waals surface area contributed by atoms with Gasteiger partial charge in [-0.1, -0.05) is 19.3 Å². The summed E-state index contributed by atoms with van der Waals surface area (Å²) in [4.78, 5) is 38.4. The second-order valence-corrected chi connectivity index (χ2v) is 9.87. The molecule has 0 radical (unpaired) electrons. The Morgan fingerprint density at radius 3 is 2.50 bits per heavy atom. The zero-order valence-electron chi connectivity index (χ0n) is 20.8. The van der Waals surface area contributed by atoms with Crippen LogP contribution in [-0.4, -0.2) is 70.4 Å². The molecule has 0 unspecified atom stereocenters. The molecule has 3 aromatic rings. The minimum atomic E-state index is 0.0851. The molecule has 0 bridgehead atoms. The van der Waals surface area contributed by atoms with Crippen molar-refractivity contribution in [3.8, 4) is 0 Å². The highest BCUT2D eigenvalue weighted by molar-refractivity contribution is 5.96. The van der Waals surface area contributed by atoms with Crippen molar-refractivity contribution >= 4 is 23.2 Å². The maximum absolute atomic E-state index is 12.9. The summed E-state index contributed by atoms with van der Waals surface area (Å²) in [5.41, 5.74) is 2.28. The van der Waals surface area contributed by atoms with Crippen molar-refractivity contribution in [2.75, 3.05) is 44.3 Å². The van der Waals surface area contributed by atoms with Crippen molar-refractivity contribution < 1.29 is 14.3 Å². The van der Waals surface area contributed by atoms with Crippen LogP contribution in [0, 0.1) is 5.92 Å². The Bertz CT molecular complexity index is 1160. The highest BCUT2D eigenvalue weighted by Crippen LogP contribution is 2.25. The summed E-state index contributed by atoms with van der Waals surface area (Å²) in [5.74, 6) is 1.86. The summed E-state index contributed by atoms with van der Waals surface area (Å²) in [6.45, 7) is 4.74. The van der Waals surface area contributed by atoms with Gasteiger partial charge in [0.2, 0.25) is 0 Å². The molecule has 2 aliphatic rings. The molecule has 2 aliphatic heterocycles. The molecule has 0 N–H and O–H groups in total. The first-order valence-corrected chi connectivity index (χ1v) is 13.2. The molecule has 0 aromatic carbocycles. The summed E-state index contributed by atoms with van der Waals surface area (Å²) in [7, 11) is 0. The minimum absolute atomic E-state index is 0.0851. The van der Waals surface area contributed by atoms with Crippen molar-refractivity contribution in [3.05, 3.63) is 60.2 Å². The molecule has 8 heteroatoms. The van der Waals surface area contributed by atoms with E-state index >= 15 is 0 Å². The van der Waals surface area contributed by atoms with Crippen LogP contribution in [0.1, 0.15) is 65.7 Å². The predicted octanol–water partition coefficient (Wildman–Crippen LogP) is 4.25. The number of anilines is 1. The number of amides is 1. The molecule has 2 fully saturated rings. The SMILES string of the molecule is O=C(CCCCCC1CCN(C(=O)c2ccc(N3CCOCC3)nc2)CC1)c1ccc2nccn2c1. The average Bonchev–Trinajstić information content (AvgIpc) is 3.41. The first kappa shape index (κ1) is 24.4. The zero-order chi connectivity index (χ0) is 24.7. The summed E-state index contributed by atoms with van der Waals surface area (Å²) in [6, 6.07) is 7.61. The van der Waals surface area contributed by atoms with E-state index in [4.69, 9.17) is 4.74 Å². The number of piperidine rings is 1. The van der Waals surface area contributed by atoms with Gasteiger partial charge < -0.3 is 18.9 Å². The average molecular weight is 490 g/mol. The minimum Gasteiger partial charge on any atom is -0.378 e. The van der Waals surface area contributed by atoms with Gasteiger partial charge in [-0.25, -0.2) is 9.97 Å². The maximum atomic E-state index is 12.9. The number of unbranched alkanes of at least 4 members (excludes halogenated alkanes) is 2. The molecule has 3 aromatic heterocycles. The maximum Gasteiger partial charge on any atom is 0.255 e. The van der Waals surface area contributed by atoms with Crippen LogP contribution in [0.2, 0.25) is 0 Å². The molecule has 2 saturated heterocycles. The number of ether oxygens (including phenoxy) is 1. The fourth-order valence-corrected chi connectivity index (χ4v) is 5.22. The highest BCUT2D eigenvalue weighted by Gasteiger charge is 2.24. The Kier molecular flexibility index (Phi) is 7.91. The number of carbonyl (C=O) groups excluding carboxylic acids is 2. The van der Waals surface area contributed by atoms with E-state index < -0.39 is 0 Å². The summed E-state index contributed by atoms with van der Waals surface area (Å²) < 4.78 is 7.29. The van der Waals surface area contributed by atoms with Crippen LogP contribution >= 0.6 is 0 Å². The lowest BCUT2D eigenvalue weighted by atomic mass is 9.90. The number of hydrogen-bond donors (Lipinski definition) is 0. The monoisotopic (exact) mass is 489 g/mol. The quantitative estimate of drug-likeness (QED) is 0.330. The Balaban J connectivity index is 0.990. The Morgan fingerprint density at radius 2 is 1.72 bits per heavy atom. The number of fused-ring (bicyclic) bond motifs is 1. The van der Waals surface area contributed by atoms with E-state index in [9.17, 15) is 9.59 Å². The summed E-state index contributed by atoms with van der Waals surface area (Å²) in [5, 5.41) is 0. The number of nitrogens with zero attached hydrogens (tertiary/aromatic N) is 5. The van der Waals surface area contributed by atoms with Gasteiger partial charge in [-0.3, -0.25) is 9.59 Å². The van der Waals surface area contributed by atoms with Gasteiger partial charge in [0.05, 0.1) is 18.8 Å². The van der Waals surface area contributed by atoms with Gasteiger partial charge in [-0.2, -0.15) is 0 Å². The Hall–Kier alpha value is -3.26. The zero-order valence-corrected chi connectivity index (χ0v) is 20.8. The van der Waals surface area contributed by atoms with Gasteiger partial charge in [0, 0.05) is 63.0 Å². The lowest BCUT2D eigenvalue weighted by Crippen LogP contribution is -2.39. The van der Waals surface area contributed by atoms with E-state index in [2.05, 4.69) is 14.9 Å². The molecule has 36 heavy (non-hydrogen) atoms. The first-order valence-electron chi connectivity index (χ1n) is 13.2. The van der Waals surface area contributed by atoms with E-state index in [0.29, 0.717) is 17.9 Å². The number of ketones is 1. The van der Waals surface area contributed by atoms with E-state index in [1.165, 1.54) is 6.42 Å². The van der Waals surface area contributed by atoms with E-state index in [0.717, 1.165) is 88.5 Å². The molecule has 0 spiro atoms. The second kappa shape index (κ2) is 11.6. The van der Waals surface area contributed by atoms with Crippen LogP contribution in [0.25, 0.3) is 5.65 Å². The Labute approximate surface area is 212 Å². The molecular formula is C28H35N5O3. The number of hydrogen-bond acceptors (Lipinski definition) is 6. The largest absolute Gasteiger partial charge is 0.378 e. The molecule has 0 aliphatic carbocycles. The number of likely N-dealkylation sites (tertiary alicyclic amines) is 1. The third-order valence-electron chi connectivity index (χ3n) is 7.46. The van der Waals surface area contributed by atoms with Crippen molar-refractivity contribution in [3.63, 3.8) is 0 Å². The molecule has 190 valence electrons. The third kappa shape index (κ3) is 5.93. The molecular weight excluding hydrogens is 454 g/mol. The predicted molar refractivity (Wildman–Crippen MR) is 139 cm³/mol.